The van der Waals surface area contributed by atoms with Gasteiger partial charge in [0.05, 0.1) is 28.4 Å². The molecule has 0 bridgehead atoms. The van der Waals surface area contributed by atoms with Crippen LogP contribution in [0.15, 0.2) is 23.2 Å². The summed E-state index contributed by atoms with van der Waals surface area (Å²) in [5.41, 5.74) is 0. The lowest BCUT2D eigenvalue weighted by atomic mass is 10.3. The Balaban J connectivity index is 2.37. The molecule has 0 saturated carbocycles. The number of ether oxygens (including phenoxy) is 1. The van der Waals surface area contributed by atoms with Crippen molar-refractivity contribution in [1.29, 1.82) is 0 Å². The van der Waals surface area contributed by atoms with Gasteiger partial charge in [-0.25, -0.2) is 4.99 Å². The fraction of sp³-hybridized carbons (Fsp3) is 0.300. The maximum Gasteiger partial charge on any atom is 0.120 e. The molecule has 2 nitrogen and oxygen atoms in total. The first-order chi connectivity index (χ1) is 7.24. The lowest BCUT2D eigenvalue weighted by molar-refractivity contribution is 0.313. The Labute approximate surface area is 104 Å². The fourth-order valence-corrected chi connectivity index (χ4v) is 1.33. The van der Waals surface area contributed by atoms with Crippen LogP contribution in [-0.4, -0.2) is 18.3 Å². The van der Waals surface area contributed by atoms with Crippen molar-refractivity contribution in [2.75, 3.05) is 13.2 Å². The standard InChI is InChI=1S/C10H9Cl2NOS/c11-9-3-2-8(6-10(9)12)14-5-1-4-13-7-15/h2-3,6H,1,4-5H2. The van der Waals surface area contributed by atoms with Crippen molar-refractivity contribution < 1.29 is 4.74 Å². The van der Waals surface area contributed by atoms with E-state index in [2.05, 4.69) is 22.4 Å². The minimum absolute atomic E-state index is 0.492. The van der Waals surface area contributed by atoms with E-state index in [9.17, 15) is 0 Å². The number of halogens is 2. The SMILES string of the molecule is S=C=NCCCOc1ccc(Cl)c(Cl)c1. The second kappa shape index (κ2) is 6.81. The first kappa shape index (κ1) is 12.5. The molecule has 0 fully saturated rings. The molecule has 0 aromatic heterocycles. The number of benzene rings is 1. The van der Waals surface area contributed by atoms with Gasteiger partial charge in [-0.15, -0.1) is 0 Å². The van der Waals surface area contributed by atoms with E-state index in [0.29, 0.717) is 28.9 Å². The average molecular weight is 262 g/mol. The highest BCUT2D eigenvalue weighted by atomic mass is 35.5. The molecule has 0 N–H and O–H groups in total. The number of thiocarbonyl (C=S) groups is 1. The monoisotopic (exact) mass is 261 g/mol. The third-order valence-electron chi connectivity index (χ3n) is 1.64. The summed E-state index contributed by atoms with van der Waals surface area (Å²) in [5.74, 6) is 0.704. The molecule has 0 unspecified atom stereocenters. The number of isothiocyanates is 1. The average Bonchev–Trinajstić information content (AvgIpc) is 2.23. The lowest BCUT2D eigenvalue weighted by Crippen LogP contribution is -1.98. The Morgan fingerprint density at radius 1 is 1.33 bits per heavy atom. The van der Waals surface area contributed by atoms with E-state index >= 15 is 0 Å². The van der Waals surface area contributed by atoms with E-state index in [4.69, 9.17) is 27.9 Å². The Morgan fingerprint density at radius 2 is 2.13 bits per heavy atom. The molecule has 0 aliphatic heterocycles. The zero-order valence-corrected chi connectivity index (χ0v) is 10.2. The smallest absolute Gasteiger partial charge is 0.120 e. The van der Waals surface area contributed by atoms with Crippen LogP contribution in [0.2, 0.25) is 10.0 Å². The Morgan fingerprint density at radius 3 is 2.80 bits per heavy atom. The van der Waals surface area contributed by atoms with Crippen LogP contribution in [0.5, 0.6) is 5.75 Å². The Hall–Kier alpha value is -0.600. The fourth-order valence-electron chi connectivity index (χ4n) is 0.946. The van der Waals surface area contributed by atoms with E-state index in [-0.39, 0.29) is 0 Å². The van der Waals surface area contributed by atoms with Crippen molar-refractivity contribution in [1.82, 2.24) is 0 Å². The predicted octanol–water partition coefficient (Wildman–Crippen LogP) is 3.87. The molecule has 0 saturated heterocycles. The van der Waals surface area contributed by atoms with Crippen LogP contribution in [0.4, 0.5) is 0 Å². The number of aliphatic imine (C=N–C) groups is 1. The highest BCUT2D eigenvalue weighted by molar-refractivity contribution is 7.78. The topological polar surface area (TPSA) is 21.6 Å². The van der Waals surface area contributed by atoms with E-state index in [1.165, 1.54) is 0 Å². The highest BCUT2D eigenvalue weighted by Gasteiger charge is 1.99. The van der Waals surface area contributed by atoms with Gasteiger partial charge in [-0.05, 0) is 24.4 Å². The Kier molecular flexibility index (Phi) is 5.66. The van der Waals surface area contributed by atoms with Gasteiger partial charge in [0.25, 0.3) is 0 Å². The molecule has 0 radical (unpaired) electrons. The van der Waals surface area contributed by atoms with Gasteiger partial charge in [0.2, 0.25) is 0 Å². The highest BCUT2D eigenvalue weighted by Crippen LogP contribution is 2.26. The summed E-state index contributed by atoms with van der Waals surface area (Å²) in [6, 6.07) is 5.16. The molecular formula is C10H9Cl2NOS. The third-order valence-corrected chi connectivity index (χ3v) is 2.51. The van der Waals surface area contributed by atoms with Crippen molar-refractivity contribution in [2.45, 2.75) is 6.42 Å². The summed E-state index contributed by atoms with van der Waals surface area (Å²) < 4.78 is 5.42. The summed E-state index contributed by atoms with van der Waals surface area (Å²) in [7, 11) is 0. The van der Waals surface area contributed by atoms with E-state index in [1.807, 2.05) is 0 Å². The third kappa shape index (κ3) is 4.63. The summed E-state index contributed by atoms with van der Waals surface area (Å²) in [6.07, 6.45) is 0.796. The molecule has 0 amide bonds. The maximum atomic E-state index is 5.82. The summed E-state index contributed by atoms with van der Waals surface area (Å²) in [4.78, 5) is 3.77. The van der Waals surface area contributed by atoms with Crippen LogP contribution in [-0.2, 0) is 0 Å². The van der Waals surface area contributed by atoms with Gasteiger partial charge in [-0.1, -0.05) is 23.2 Å². The van der Waals surface area contributed by atoms with Gasteiger partial charge in [-0.2, -0.15) is 0 Å². The minimum Gasteiger partial charge on any atom is -0.493 e. The van der Waals surface area contributed by atoms with Gasteiger partial charge in [-0.3, -0.25) is 0 Å². The largest absolute Gasteiger partial charge is 0.493 e. The molecule has 1 aromatic carbocycles. The number of rotatable bonds is 5. The molecular weight excluding hydrogens is 253 g/mol. The van der Waals surface area contributed by atoms with Crippen molar-refractivity contribution in [3.63, 3.8) is 0 Å². The summed E-state index contributed by atoms with van der Waals surface area (Å²) in [6.45, 7) is 1.20. The van der Waals surface area contributed by atoms with Crippen molar-refractivity contribution in [2.24, 2.45) is 4.99 Å². The molecule has 0 aliphatic rings. The molecule has 0 aliphatic carbocycles. The first-order valence-corrected chi connectivity index (χ1v) is 5.52. The van der Waals surface area contributed by atoms with Gasteiger partial charge in [0, 0.05) is 12.5 Å². The maximum absolute atomic E-state index is 5.82. The van der Waals surface area contributed by atoms with Crippen LogP contribution >= 0.6 is 35.4 Å². The van der Waals surface area contributed by atoms with E-state index in [1.54, 1.807) is 18.2 Å². The number of hydrogen-bond donors (Lipinski definition) is 0. The van der Waals surface area contributed by atoms with Crippen molar-refractivity contribution >= 4 is 40.6 Å². The van der Waals surface area contributed by atoms with Gasteiger partial charge in [0.1, 0.15) is 5.75 Å². The van der Waals surface area contributed by atoms with E-state index in [0.717, 1.165) is 6.42 Å². The van der Waals surface area contributed by atoms with Crippen LogP contribution in [0.3, 0.4) is 0 Å². The number of hydrogen-bond acceptors (Lipinski definition) is 3. The lowest BCUT2D eigenvalue weighted by Gasteiger charge is -2.05. The van der Waals surface area contributed by atoms with Crippen LogP contribution in [0.25, 0.3) is 0 Å². The zero-order valence-electron chi connectivity index (χ0n) is 7.87. The second-order valence-corrected chi connectivity index (χ2v) is 3.75. The molecule has 1 rings (SSSR count). The van der Waals surface area contributed by atoms with Crippen LogP contribution in [0, 0.1) is 0 Å². The molecule has 0 atom stereocenters. The summed E-state index contributed by atoms with van der Waals surface area (Å²) in [5, 5.41) is 3.31. The van der Waals surface area contributed by atoms with Gasteiger partial charge < -0.3 is 4.74 Å². The first-order valence-electron chi connectivity index (χ1n) is 4.35. The minimum atomic E-state index is 0.492. The molecule has 1 aromatic rings. The van der Waals surface area contributed by atoms with Crippen molar-refractivity contribution in [3.8, 4) is 5.75 Å². The normalized spacial score (nSPS) is 9.47. The quantitative estimate of drug-likeness (QED) is 0.456. The Bertz CT molecular complexity index is 378. The summed E-state index contributed by atoms with van der Waals surface area (Å²) >= 11 is 16.0. The zero-order chi connectivity index (χ0) is 11.1. The van der Waals surface area contributed by atoms with Crippen molar-refractivity contribution in [3.05, 3.63) is 28.2 Å². The molecule has 0 heterocycles. The molecule has 5 heteroatoms. The second-order valence-electron chi connectivity index (χ2n) is 2.75. The molecule has 0 spiro atoms. The molecule has 15 heavy (non-hydrogen) atoms. The van der Waals surface area contributed by atoms with Crippen LogP contribution < -0.4 is 4.74 Å². The predicted molar refractivity (Wildman–Crippen MR) is 66.5 cm³/mol. The van der Waals surface area contributed by atoms with Gasteiger partial charge >= 0.3 is 0 Å². The van der Waals surface area contributed by atoms with Crippen LogP contribution in [0.1, 0.15) is 6.42 Å². The molecule has 80 valence electrons. The van der Waals surface area contributed by atoms with Gasteiger partial charge in [0.15, 0.2) is 0 Å². The number of nitrogens with zero attached hydrogens (tertiary/aromatic N) is 1. The van der Waals surface area contributed by atoms with E-state index < -0.39 is 0 Å².